The van der Waals surface area contributed by atoms with Gasteiger partial charge in [0.15, 0.2) is 0 Å². The van der Waals surface area contributed by atoms with Crippen molar-refractivity contribution in [1.29, 1.82) is 0 Å². The fraction of sp³-hybridized carbons (Fsp3) is 0.120. The number of hydrogen-bond acceptors (Lipinski definition) is 4. The molecule has 0 aliphatic carbocycles. The average Bonchev–Trinajstić information content (AvgIpc) is 3.28. The number of carbonyl (C=O) groups excluding carboxylic acids is 2. The topological polar surface area (TPSA) is 88.9 Å². The molecule has 4 rings (SSSR count). The van der Waals surface area contributed by atoms with Gasteiger partial charge in [0.05, 0.1) is 30.2 Å². The van der Waals surface area contributed by atoms with E-state index in [4.69, 9.17) is 0 Å². The maximum atomic E-state index is 13.3. The SMILES string of the molecule is O=C(Cc1cccc(F)c1)Nc1cnn(-c2ccc(C(=O)NCCc3cccnc3)cc2)c1. The first-order valence-corrected chi connectivity index (χ1v) is 10.4. The fourth-order valence-corrected chi connectivity index (χ4v) is 3.30. The zero-order chi connectivity index (χ0) is 23.0. The number of rotatable bonds is 8. The van der Waals surface area contributed by atoms with Gasteiger partial charge in [0.2, 0.25) is 5.91 Å². The molecule has 4 aromatic rings. The second-order valence-electron chi connectivity index (χ2n) is 7.44. The number of benzene rings is 2. The number of amides is 2. The quantitative estimate of drug-likeness (QED) is 0.436. The molecule has 0 spiro atoms. The van der Waals surface area contributed by atoms with Crippen molar-refractivity contribution in [1.82, 2.24) is 20.1 Å². The number of nitrogens with zero attached hydrogens (tertiary/aromatic N) is 3. The smallest absolute Gasteiger partial charge is 0.251 e. The zero-order valence-electron chi connectivity index (χ0n) is 17.7. The first-order chi connectivity index (χ1) is 16.1. The molecular formula is C25H22FN5O2. The molecule has 8 heteroatoms. The van der Waals surface area contributed by atoms with Gasteiger partial charge in [0.25, 0.3) is 5.91 Å². The third kappa shape index (κ3) is 6.10. The Morgan fingerprint density at radius 3 is 2.55 bits per heavy atom. The predicted octanol–water partition coefficient (Wildman–Crippen LogP) is 3.56. The highest BCUT2D eigenvalue weighted by Gasteiger charge is 2.09. The van der Waals surface area contributed by atoms with Crippen molar-refractivity contribution in [2.24, 2.45) is 0 Å². The molecule has 0 unspecified atom stereocenters. The highest BCUT2D eigenvalue weighted by molar-refractivity contribution is 5.94. The third-order valence-corrected chi connectivity index (χ3v) is 4.94. The minimum absolute atomic E-state index is 0.0630. The van der Waals surface area contributed by atoms with Gasteiger partial charge in [-0.2, -0.15) is 5.10 Å². The number of aromatic nitrogens is 3. The van der Waals surface area contributed by atoms with Crippen molar-refractivity contribution in [3.63, 3.8) is 0 Å². The van der Waals surface area contributed by atoms with Crippen molar-refractivity contribution >= 4 is 17.5 Å². The van der Waals surface area contributed by atoms with Crippen LogP contribution in [-0.2, 0) is 17.6 Å². The maximum absolute atomic E-state index is 13.3. The Balaban J connectivity index is 1.30. The van der Waals surface area contributed by atoms with E-state index >= 15 is 0 Å². The highest BCUT2D eigenvalue weighted by Crippen LogP contribution is 2.14. The number of nitrogens with one attached hydrogen (secondary N) is 2. The summed E-state index contributed by atoms with van der Waals surface area (Å²) < 4.78 is 14.9. The van der Waals surface area contributed by atoms with E-state index in [0.717, 1.165) is 11.3 Å². The Bertz CT molecular complexity index is 1240. The van der Waals surface area contributed by atoms with Crippen molar-refractivity contribution in [2.75, 3.05) is 11.9 Å². The van der Waals surface area contributed by atoms with Crippen LogP contribution in [0.3, 0.4) is 0 Å². The molecule has 0 aliphatic heterocycles. The summed E-state index contributed by atoms with van der Waals surface area (Å²) in [6.45, 7) is 0.518. The van der Waals surface area contributed by atoms with Crippen LogP contribution in [0.4, 0.5) is 10.1 Å². The number of pyridine rings is 1. The van der Waals surface area contributed by atoms with Gasteiger partial charge < -0.3 is 10.6 Å². The van der Waals surface area contributed by atoms with Crippen molar-refractivity contribution in [3.8, 4) is 5.69 Å². The van der Waals surface area contributed by atoms with E-state index in [1.54, 1.807) is 59.7 Å². The normalized spacial score (nSPS) is 10.6. The summed E-state index contributed by atoms with van der Waals surface area (Å²) in [4.78, 5) is 28.6. The van der Waals surface area contributed by atoms with Crippen LogP contribution in [0.15, 0.2) is 85.5 Å². The molecule has 2 aromatic carbocycles. The van der Waals surface area contributed by atoms with Gasteiger partial charge in [-0.15, -0.1) is 0 Å². The van der Waals surface area contributed by atoms with E-state index < -0.39 is 0 Å². The van der Waals surface area contributed by atoms with Crippen molar-refractivity contribution in [2.45, 2.75) is 12.8 Å². The molecule has 2 aromatic heterocycles. The van der Waals surface area contributed by atoms with Crippen LogP contribution < -0.4 is 10.6 Å². The second-order valence-corrected chi connectivity index (χ2v) is 7.44. The molecule has 7 nitrogen and oxygen atoms in total. The highest BCUT2D eigenvalue weighted by atomic mass is 19.1. The Kier molecular flexibility index (Phi) is 6.84. The van der Waals surface area contributed by atoms with Crippen LogP contribution >= 0.6 is 0 Å². The molecule has 166 valence electrons. The monoisotopic (exact) mass is 443 g/mol. The Hall–Kier alpha value is -4.33. The minimum Gasteiger partial charge on any atom is -0.352 e. The summed E-state index contributed by atoms with van der Waals surface area (Å²) in [7, 11) is 0. The Morgan fingerprint density at radius 2 is 1.79 bits per heavy atom. The number of halogens is 1. The van der Waals surface area contributed by atoms with E-state index in [2.05, 4.69) is 20.7 Å². The molecule has 0 fully saturated rings. The van der Waals surface area contributed by atoms with Crippen molar-refractivity contribution < 1.29 is 14.0 Å². The molecule has 0 radical (unpaired) electrons. The maximum Gasteiger partial charge on any atom is 0.251 e. The fourth-order valence-electron chi connectivity index (χ4n) is 3.30. The van der Waals surface area contributed by atoms with Crippen LogP contribution in [0.2, 0.25) is 0 Å². The minimum atomic E-state index is -0.376. The van der Waals surface area contributed by atoms with Gasteiger partial charge in [-0.1, -0.05) is 18.2 Å². The summed E-state index contributed by atoms with van der Waals surface area (Å²) >= 11 is 0. The molecule has 0 saturated carbocycles. The van der Waals surface area contributed by atoms with E-state index in [1.807, 2.05) is 12.1 Å². The third-order valence-electron chi connectivity index (χ3n) is 4.94. The summed E-state index contributed by atoms with van der Waals surface area (Å²) in [5.74, 6) is -0.798. The molecule has 0 bridgehead atoms. The van der Waals surface area contributed by atoms with Crippen LogP contribution in [0, 0.1) is 5.82 Å². The molecular weight excluding hydrogens is 421 g/mol. The molecule has 0 atom stereocenters. The van der Waals surface area contributed by atoms with E-state index in [-0.39, 0.29) is 24.1 Å². The summed E-state index contributed by atoms with van der Waals surface area (Å²) in [6, 6.07) is 16.8. The standard InChI is InChI=1S/C25H22FN5O2/c26-21-5-1-3-19(13-21)14-24(32)30-22-16-29-31(17-22)23-8-6-20(7-9-23)25(33)28-12-10-18-4-2-11-27-15-18/h1-9,11,13,15-17H,10,12,14H2,(H,28,33)(H,30,32). The van der Waals surface area contributed by atoms with E-state index in [1.165, 1.54) is 18.3 Å². The van der Waals surface area contributed by atoms with Crippen LogP contribution in [0.5, 0.6) is 0 Å². The van der Waals surface area contributed by atoms with Gasteiger partial charge in [-0.05, 0) is 60.0 Å². The van der Waals surface area contributed by atoms with Crippen LogP contribution in [0.25, 0.3) is 5.69 Å². The lowest BCUT2D eigenvalue weighted by Gasteiger charge is -2.07. The number of anilines is 1. The molecule has 0 aliphatic rings. The summed E-state index contributed by atoms with van der Waals surface area (Å²) in [6.07, 6.45) is 7.47. The van der Waals surface area contributed by atoms with Crippen LogP contribution in [-0.4, -0.2) is 33.1 Å². The molecule has 0 saturated heterocycles. The lowest BCUT2D eigenvalue weighted by molar-refractivity contribution is -0.115. The molecule has 2 amide bonds. The second kappa shape index (κ2) is 10.3. The number of hydrogen-bond donors (Lipinski definition) is 2. The van der Waals surface area contributed by atoms with E-state index in [9.17, 15) is 14.0 Å². The summed E-state index contributed by atoms with van der Waals surface area (Å²) in [5, 5.41) is 9.90. The van der Waals surface area contributed by atoms with Gasteiger partial charge in [-0.3, -0.25) is 14.6 Å². The molecule has 2 N–H and O–H groups in total. The lowest BCUT2D eigenvalue weighted by atomic mass is 10.1. The Morgan fingerprint density at radius 1 is 0.970 bits per heavy atom. The predicted molar refractivity (Wildman–Crippen MR) is 123 cm³/mol. The number of carbonyl (C=O) groups is 2. The first kappa shape index (κ1) is 21.9. The molecule has 33 heavy (non-hydrogen) atoms. The lowest BCUT2D eigenvalue weighted by Crippen LogP contribution is -2.25. The van der Waals surface area contributed by atoms with Gasteiger partial charge in [-0.25, -0.2) is 9.07 Å². The Labute approximate surface area is 190 Å². The molecule has 2 heterocycles. The average molecular weight is 443 g/mol. The van der Waals surface area contributed by atoms with Crippen LogP contribution in [0.1, 0.15) is 21.5 Å². The van der Waals surface area contributed by atoms with E-state index in [0.29, 0.717) is 29.8 Å². The first-order valence-electron chi connectivity index (χ1n) is 10.4. The largest absolute Gasteiger partial charge is 0.352 e. The van der Waals surface area contributed by atoms with Crippen molar-refractivity contribution in [3.05, 3.63) is 108 Å². The van der Waals surface area contributed by atoms with Gasteiger partial charge in [0.1, 0.15) is 5.82 Å². The van der Waals surface area contributed by atoms with Gasteiger partial charge in [0, 0.05) is 24.5 Å². The summed E-state index contributed by atoms with van der Waals surface area (Å²) in [5.41, 5.74) is 3.46. The zero-order valence-corrected chi connectivity index (χ0v) is 17.7. The van der Waals surface area contributed by atoms with Gasteiger partial charge >= 0.3 is 0 Å².